The second-order valence-electron chi connectivity index (χ2n) is 7.83. The third kappa shape index (κ3) is 4.18. The molecule has 0 radical (unpaired) electrons. The maximum atomic E-state index is 13.0. The molecule has 5 aromatic rings. The van der Waals surface area contributed by atoms with Crippen molar-refractivity contribution in [2.45, 2.75) is 19.0 Å². The number of carbonyl (C=O) groups excluding carboxylic acids is 1. The number of nitrogens with zero attached hydrogens (tertiary/aromatic N) is 2. The molecule has 1 amide bonds. The number of benzene rings is 3. The Labute approximate surface area is 187 Å². The predicted molar refractivity (Wildman–Crippen MR) is 126 cm³/mol. The Morgan fingerprint density at radius 3 is 2.39 bits per heavy atom. The molecule has 0 aliphatic carbocycles. The number of fused-ring (bicyclic) bond motifs is 2. The Morgan fingerprint density at radius 1 is 0.909 bits per heavy atom. The number of amides is 1. The lowest BCUT2D eigenvalue weighted by Gasteiger charge is -2.17. The van der Waals surface area contributed by atoms with Crippen molar-refractivity contribution >= 4 is 27.7 Å². The lowest BCUT2D eigenvalue weighted by Crippen LogP contribution is -2.38. The molecule has 0 unspecified atom stereocenters. The molecular weight excluding hydrogens is 418 g/mol. The minimum Gasteiger partial charge on any atom is -0.344 e. The Balaban J connectivity index is 1.44. The van der Waals surface area contributed by atoms with Gasteiger partial charge in [0, 0.05) is 0 Å². The number of imidazole rings is 1. The molecule has 0 saturated heterocycles. The van der Waals surface area contributed by atoms with Crippen LogP contribution >= 0.6 is 0 Å². The molecular formula is C25H21N5O3. The van der Waals surface area contributed by atoms with Crippen molar-refractivity contribution in [1.29, 1.82) is 0 Å². The molecule has 0 aliphatic rings. The standard InChI is InChI=1S/C25H21N5O3/c31-22(15-30-25(33)18-11-5-4-10-17(18)24(32)29-30)26-21(14-16-8-2-1-3-9-16)23-27-19-12-6-7-13-20(19)28-23/h1-13,21H,14-15H2,(H,26,31)(H,27,28)(H,29,32)/t21-/m0/s1. The highest BCUT2D eigenvalue weighted by atomic mass is 16.2. The van der Waals surface area contributed by atoms with Crippen LogP contribution in [0.4, 0.5) is 0 Å². The number of para-hydroxylation sites is 2. The Hall–Kier alpha value is -4.46. The summed E-state index contributed by atoms with van der Waals surface area (Å²) < 4.78 is 1.04. The number of nitrogens with one attached hydrogen (secondary N) is 3. The molecule has 5 rings (SSSR count). The molecule has 1 atom stereocenters. The Morgan fingerprint density at radius 2 is 1.61 bits per heavy atom. The largest absolute Gasteiger partial charge is 0.344 e. The summed E-state index contributed by atoms with van der Waals surface area (Å²) in [4.78, 5) is 46.0. The van der Waals surface area contributed by atoms with Gasteiger partial charge in [0.2, 0.25) is 5.91 Å². The average Bonchev–Trinajstić information content (AvgIpc) is 3.27. The fraction of sp³-hybridized carbons (Fsp3) is 0.120. The molecule has 0 bridgehead atoms. The lowest BCUT2D eigenvalue weighted by atomic mass is 10.1. The molecule has 3 aromatic carbocycles. The zero-order chi connectivity index (χ0) is 22.8. The number of aromatic nitrogens is 4. The minimum absolute atomic E-state index is 0.271. The van der Waals surface area contributed by atoms with E-state index in [0.29, 0.717) is 17.6 Å². The minimum atomic E-state index is -0.449. The molecule has 0 spiro atoms. The summed E-state index contributed by atoms with van der Waals surface area (Å²) in [7, 11) is 0. The van der Waals surface area contributed by atoms with E-state index in [1.165, 1.54) is 0 Å². The second kappa shape index (κ2) is 8.58. The van der Waals surface area contributed by atoms with Gasteiger partial charge in [-0.15, -0.1) is 0 Å². The van der Waals surface area contributed by atoms with E-state index in [-0.39, 0.29) is 11.9 Å². The lowest BCUT2D eigenvalue weighted by molar-refractivity contribution is -0.122. The summed E-state index contributed by atoms with van der Waals surface area (Å²) in [5, 5.41) is 6.03. The zero-order valence-electron chi connectivity index (χ0n) is 17.6. The molecule has 33 heavy (non-hydrogen) atoms. The van der Waals surface area contributed by atoms with Crippen LogP contribution in [0.3, 0.4) is 0 Å². The van der Waals surface area contributed by atoms with Crippen LogP contribution in [0.15, 0.2) is 88.5 Å². The number of aromatic amines is 2. The number of carbonyl (C=O) groups is 1. The number of hydrogen-bond acceptors (Lipinski definition) is 4. The first-order chi connectivity index (χ1) is 16.1. The van der Waals surface area contributed by atoms with Crippen molar-refractivity contribution in [3.05, 3.63) is 111 Å². The Bertz CT molecular complexity index is 1530. The smallest absolute Gasteiger partial charge is 0.273 e. The van der Waals surface area contributed by atoms with Crippen molar-refractivity contribution in [3.8, 4) is 0 Å². The van der Waals surface area contributed by atoms with Gasteiger partial charge in [0.25, 0.3) is 11.1 Å². The van der Waals surface area contributed by atoms with E-state index in [1.54, 1.807) is 24.3 Å². The van der Waals surface area contributed by atoms with Crippen molar-refractivity contribution in [1.82, 2.24) is 25.1 Å². The van der Waals surface area contributed by atoms with Gasteiger partial charge < -0.3 is 10.3 Å². The van der Waals surface area contributed by atoms with Crippen LogP contribution in [0, 0.1) is 0 Å². The quantitative estimate of drug-likeness (QED) is 0.378. The maximum Gasteiger partial charge on any atom is 0.273 e. The molecule has 0 saturated carbocycles. The van der Waals surface area contributed by atoms with Gasteiger partial charge in [-0.05, 0) is 36.2 Å². The third-order valence-corrected chi connectivity index (χ3v) is 5.54. The summed E-state index contributed by atoms with van der Waals surface area (Å²) >= 11 is 0. The number of rotatable bonds is 6. The van der Waals surface area contributed by atoms with Gasteiger partial charge in [-0.2, -0.15) is 0 Å². The van der Waals surface area contributed by atoms with E-state index in [4.69, 9.17) is 0 Å². The molecule has 8 nitrogen and oxygen atoms in total. The van der Waals surface area contributed by atoms with Crippen LogP contribution < -0.4 is 16.4 Å². The van der Waals surface area contributed by atoms with E-state index in [9.17, 15) is 14.4 Å². The average molecular weight is 439 g/mol. The summed E-state index contributed by atoms with van der Waals surface area (Å²) in [6.07, 6.45) is 0.509. The molecule has 0 fully saturated rings. The van der Waals surface area contributed by atoms with Crippen LogP contribution in [-0.2, 0) is 17.8 Å². The van der Waals surface area contributed by atoms with E-state index >= 15 is 0 Å². The van der Waals surface area contributed by atoms with Crippen LogP contribution in [0.5, 0.6) is 0 Å². The van der Waals surface area contributed by atoms with Gasteiger partial charge in [-0.25, -0.2) is 9.67 Å². The van der Waals surface area contributed by atoms with Crippen molar-refractivity contribution in [3.63, 3.8) is 0 Å². The summed E-state index contributed by atoms with van der Waals surface area (Å²) in [6.45, 7) is -0.315. The molecule has 0 aliphatic heterocycles. The summed E-state index contributed by atoms with van der Waals surface area (Å²) in [6, 6.07) is 23.5. The van der Waals surface area contributed by atoms with Crippen LogP contribution in [0.25, 0.3) is 21.8 Å². The monoisotopic (exact) mass is 439 g/mol. The van der Waals surface area contributed by atoms with Crippen molar-refractivity contribution < 1.29 is 4.79 Å². The predicted octanol–water partition coefficient (Wildman–Crippen LogP) is 2.67. The molecule has 2 heterocycles. The second-order valence-corrected chi connectivity index (χ2v) is 7.83. The highest BCUT2D eigenvalue weighted by Gasteiger charge is 2.20. The highest BCUT2D eigenvalue weighted by Crippen LogP contribution is 2.20. The number of H-pyrrole nitrogens is 2. The topological polar surface area (TPSA) is 113 Å². The summed E-state index contributed by atoms with van der Waals surface area (Å²) in [5.74, 6) is 0.206. The molecule has 3 N–H and O–H groups in total. The van der Waals surface area contributed by atoms with Gasteiger partial charge >= 0.3 is 0 Å². The van der Waals surface area contributed by atoms with Gasteiger partial charge in [0.1, 0.15) is 12.4 Å². The van der Waals surface area contributed by atoms with E-state index in [1.807, 2.05) is 54.6 Å². The van der Waals surface area contributed by atoms with E-state index < -0.39 is 23.1 Å². The third-order valence-electron chi connectivity index (χ3n) is 5.54. The SMILES string of the molecule is O=C(Cn1[nH]c(=O)c2ccccc2c1=O)N[C@@H](Cc1ccccc1)c1nc2ccccc2[nH]1. The van der Waals surface area contributed by atoms with Gasteiger partial charge in [-0.3, -0.25) is 19.5 Å². The van der Waals surface area contributed by atoms with Crippen molar-refractivity contribution in [2.75, 3.05) is 0 Å². The van der Waals surface area contributed by atoms with E-state index in [2.05, 4.69) is 20.4 Å². The van der Waals surface area contributed by atoms with Crippen LogP contribution in [0.1, 0.15) is 17.4 Å². The van der Waals surface area contributed by atoms with Gasteiger partial charge in [0.05, 0.1) is 27.8 Å². The fourth-order valence-corrected chi connectivity index (χ4v) is 3.94. The first-order valence-corrected chi connectivity index (χ1v) is 10.6. The Kier molecular flexibility index (Phi) is 5.32. The maximum absolute atomic E-state index is 13.0. The molecule has 8 heteroatoms. The molecule has 2 aromatic heterocycles. The highest BCUT2D eigenvalue weighted by molar-refractivity contribution is 5.81. The first kappa shape index (κ1) is 20.4. The van der Waals surface area contributed by atoms with Crippen molar-refractivity contribution in [2.24, 2.45) is 0 Å². The normalized spacial score (nSPS) is 12.1. The summed E-state index contributed by atoms with van der Waals surface area (Å²) in [5.41, 5.74) is 1.85. The zero-order valence-corrected chi connectivity index (χ0v) is 17.6. The van der Waals surface area contributed by atoms with Crippen LogP contribution in [-0.4, -0.2) is 25.7 Å². The van der Waals surface area contributed by atoms with Crippen LogP contribution in [0.2, 0.25) is 0 Å². The van der Waals surface area contributed by atoms with Gasteiger partial charge in [0.15, 0.2) is 0 Å². The number of hydrogen-bond donors (Lipinski definition) is 3. The molecule has 164 valence electrons. The van der Waals surface area contributed by atoms with Gasteiger partial charge in [-0.1, -0.05) is 54.6 Å². The fourth-order valence-electron chi connectivity index (χ4n) is 3.94. The first-order valence-electron chi connectivity index (χ1n) is 10.6. The van der Waals surface area contributed by atoms with E-state index in [0.717, 1.165) is 21.3 Å².